The van der Waals surface area contributed by atoms with Crippen molar-refractivity contribution in [3.05, 3.63) is 48.6 Å². The van der Waals surface area contributed by atoms with E-state index >= 15 is 0 Å². The van der Waals surface area contributed by atoms with Crippen molar-refractivity contribution in [1.82, 2.24) is 0 Å². The van der Waals surface area contributed by atoms with Crippen LogP contribution >= 0.6 is 15.6 Å². The number of allylic oxidation sites excluding steroid dienone is 8. The average molecular weight is 1430 g/mol. The van der Waals surface area contributed by atoms with E-state index in [1.807, 2.05) is 0 Å². The molecule has 17 nitrogen and oxygen atoms in total. The topological polar surface area (TPSA) is 237 Å². The normalized spacial score (nSPS) is 14.2. The molecule has 0 fully saturated rings. The van der Waals surface area contributed by atoms with E-state index in [9.17, 15) is 43.2 Å². The van der Waals surface area contributed by atoms with Crippen LogP contribution in [0.1, 0.15) is 374 Å². The van der Waals surface area contributed by atoms with Crippen molar-refractivity contribution in [3.8, 4) is 0 Å². The maximum atomic E-state index is 13.1. The second-order valence-corrected chi connectivity index (χ2v) is 29.9. The molecule has 0 heterocycles. The second kappa shape index (κ2) is 72.4. The van der Waals surface area contributed by atoms with Gasteiger partial charge in [-0.2, -0.15) is 0 Å². The first-order chi connectivity index (χ1) is 47.7. The van der Waals surface area contributed by atoms with Gasteiger partial charge in [0.15, 0.2) is 12.2 Å². The van der Waals surface area contributed by atoms with Crippen LogP contribution in [0.2, 0.25) is 0 Å². The van der Waals surface area contributed by atoms with Crippen LogP contribution in [0.3, 0.4) is 0 Å². The van der Waals surface area contributed by atoms with E-state index in [-0.39, 0.29) is 25.7 Å². The maximum absolute atomic E-state index is 13.1. The smallest absolute Gasteiger partial charge is 0.462 e. The summed E-state index contributed by atoms with van der Waals surface area (Å²) in [6.07, 6.45) is 69.4. The SMILES string of the molecule is CCCCC/C=C\C/C=C\CCCCCCCC(=O)OC[C@H](COP(=O)(O)OC[C@@H](O)COP(=O)(O)OC[C@@H](COC(=O)CCCCCCCCCCCCCCC)OC(=O)CCCCCCC/C=C\CCCCCCCC)OC(=O)CCCCCCCCC/C=C\CCCCCC. The number of aliphatic hydroxyl groups excluding tert-OH is 1. The molecule has 19 heteroatoms. The lowest BCUT2D eigenvalue weighted by Gasteiger charge is -2.21. The molecule has 0 saturated carbocycles. The van der Waals surface area contributed by atoms with Crippen molar-refractivity contribution in [3.63, 3.8) is 0 Å². The number of aliphatic hydroxyl groups is 1. The Morgan fingerprint density at radius 3 is 0.796 bits per heavy atom. The molecule has 0 radical (unpaired) electrons. The third-order valence-corrected chi connectivity index (χ3v) is 19.2. The molecule has 3 N–H and O–H groups in total. The Morgan fingerprint density at radius 1 is 0.286 bits per heavy atom. The first-order valence-electron chi connectivity index (χ1n) is 39.9. The fourth-order valence-electron chi connectivity index (χ4n) is 11.1. The molecule has 0 saturated heterocycles. The molecule has 0 aromatic heterocycles. The van der Waals surface area contributed by atoms with E-state index in [0.717, 1.165) is 154 Å². The highest BCUT2D eigenvalue weighted by Gasteiger charge is 2.30. The lowest BCUT2D eigenvalue weighted by Crippen LogP contribution is -2.30. The average Bonchev–Trinajstić information content (AvgIpc) is 1.04. The van der Waals surface area contributed by atoms with E-state index in [2.05, 4.69) is 76.3 Å². The highest BCUT2D eigenvalue weighted by molar-refractivity contribution is 7.47. The lowest BCUT2D eigenvalue weighted by molar-refractivity contribution is -0.161. The number of ether oxygens (including phenoxy) is 4. The fourth-order valence-corrected chi connectivity index (χ4v) is 12.7. The van der Waals surface area contributed by atoms with Gasteiger partial charge in [-0.1, -0.05) is 288 Å². The first-order valence-corrected chi connectivity index (χ1v) is 42.9. The van der Waals surface area contributed by atoms with Crippen LogP contribution in [0.5, 0.6) is 0 Å². The minimum Gasteiger partial charge on any atom is -0.462 e. The summed E-state index contributed by atoms with van der Waals surface area (Å²) in [5.74, 6) is -2.17. The van der Waals surface area contributed by atoms with Crippen LogP contribution in [0.15, 0.2) is 48.6 Å². The molecule has 0 amide bonds. The summed E-state index contributed by atoms with van der Waals surface area (Å²) in [6, 6.07) is 0. The Bertz CT molecular complexity index is 2050. The summed E-state index contributed by atoms with van der Waals surface area (Å²) >= 11 is 0. The Balaban J connectivity index is 5.33. The van der Waals surface area contributed by atoms with Crippen molar-refractivity contribution in [2.75, 3.05) is 39.6 Å². The lowest BCUT2D eigenvalue weighted by atomic mass is 10.0. The number of rotatable bonds is 76. The van der Waals surface area contributed by atoms with Crippen LogP contribution in [0.25, 0.3) is 0 Å². The standard InChI is InChI=1S/C79H146O17P2/c1-5-9-13-17-21-25-29-33-36-40-44-48-52-56-60-64-77(82)90-70-75(96-79(84)66-62-58-54-50-46-42-38-35-31-27-23-19-15-11-7-3)72-94-98(87,88)92-68-73(80)67-91-97(85,86)93-71-74(69-89-76(81)63-59-55-51-47-43-39-32-28-24-20-16-12-8-4)95-78(83)65-61-57-53-49-45-41-37-34-30-26-22-18-14-10-6-2/h21,25,27,31,33-34,36-37,73-75,80H,5-20,22-24,26,28-30,32,35,38-72H2,1-4H3,(H,85,86)(H,87,88)/b25-21-,31-27-,36-33-,37-34-/t73-,74+,75+/m0/s1. The van der Waals surface area contributed by atoms with E-state index < -0.39 is 97.5 Å². The van der Waals surface area contributed by atoms with Crippen LogP contribution in [-0.4, -0.2) is 96.7 Å². The summed E-state index contributed by atoms with van der Waals surface area (Å²) < 4.78 is 68.6. The summed E-state index contributed by atoms with van der Waals surface area (Å²) in [7, 11) is -9.94. The summed E-state index contributed by atoms with van der Waals surface area (Å²) in [5, 5.41) is 10.6. The molecule has 0 aliphatic carbocycles. The summed E-state index contributed by atoms with van der Waals surface area (Å²) in [6.45, 7) is 4.88. The number of hydrogen-bond acceptors (Lipinski definition) is 15. The van der Waals surface area contributed by atoms with Crippen LogP contribution in [0.4, 0.5) is 0 Å². The molecule has 2 unspecified atom stereocenters. The number of phosphoric ester groups is 2. The minimum absolute atomic E-state index is 0.0915. The van der Waals surface area contributed by atoms with Crippen molar-refractivity contribution in [2.45, 2.75) is 393 Å². The van der Waals surface area contributed by atoms with Gasteiger partial charge in [0.25, 0.3) is 0 Å². The molecular formula is C79H146O17P2. The second-order valence-electron chi connectivity index (χ2n) is 27.0. The van der Waals surface area contributed by atoms with Gasteiger partial charge in [-0.3, -0.25) is 37.3 Å². The Kier molecular flexibility index (Phi) is 70.2. The highest BCUT2D eigenvalue weighted by Crippen LogP contribution is 2.45. The fraction of sp³-hybridized carbons (Fsp3) is 0.848. The van der Waals surface area contributed by atoms with Crippen molar-refractivity contribution >= 4 is 39.5 Å². The third-order valence-electron chi connectivity index (χ3n) is 17.3. The molecular weight excluding hydrogens is 1280 g/mol. The zero-order valence-electron chi connectivity index (χ0n) is 62.7. The quantitative estimate of drug-likeness (QED) is 0.0169. The first kappa shape index (κ1) is 95.0. The Hall–Kier alpha value is -2.98. The van der Waals surface area contributed by atoms with Gasteiger partial charge in [-0.15, -0.1) is 0 Å². The van der Waals surface area contributed by atoms with E-state index in [1.165, 1.54) is 141 Å². The number of phosphoric acid groups is 2. The monoisotopic (exact) mass is 1430 g/mol. The molecule has 0 aromatic carbocycles. The number of esters is 4. The maximum Gasteiger partial charge on any atom is 0.472 e. The number of carbonyl (C=O) groups is 4. The molecule has 574 valence electrons. The molecule has 0 aromatic rings. The molecule has 0 bridgehead atoms. The molecule has 5 atom stereocenters. The van der Waals surface area contributed by atoms with Crippen LogP contribution in [0, 0.1) is 0 Å². The van der Waals surface area contributed by atoms with Crippen LogP contribution in [-0.2, 0) is 65.4 Å². The van der Waals surface area contributed by atoms with E-state index in [4.69, 9.17) is 37.0 Å². The summed E-state index contributed by atoms with van der Waals surface area (Å²) in [5.41, 5.74) is 0. The predicted molar refractivity (Wildman–Crippen MR) is 400 cm³/mol. The van der Waals surface area contributed by atoms with Gasteiger partial charge in [0.2, 0.25) is 0 Å². The Labute approximate surface area is 597 Å². The molecule has 0 aliphatic heterocycles. The van der Waals surface area contributed by atoms with E-state index in [1.54, 1.807) is 0 Å². The molecule has 0 spiro atoms. The van der Waals surface area contributed by atoms with Gasteiger partial charge in [0.05, 0.1) is 26.4 Å². The van der Waals surface area contributed by atoms with Crippen molar-refractivity contribution in [2.24, 2.45) is 0 Å². The highest BCUT2D eigenvalue weighted by atomic mass is 31.2. The zero-order chi connectivity index (χ0) is 71.8. The zero-order valence-corrected chi connectivity index (χ0v) is 64.5. The number of carbonyl (C=O) groups excluding carboxylic acids is 4. The third kappa shape index (κ3) is 71.4. The van der Waals surface area contributed by atoms with Gasteiger partial charge in [-0.25, -0.2) is 9.13 Å². The van der Waals surface area contributed by atoms with Crippen molar-refractivity contribution < 1.29 is 80.2 Å². The van der Waals surface area contributed by atoms with Crippen molar-refractivity contribution in [1.29, 1.82) is 0 Å². The summed E-state index contributed by atoms with van der Waals surface area (Å²) in [4.78, 5) is 72.9. The molecule has 0 aliphatic rings. The van der Waals surface area contributed by atoms with Gasteiger partial charge in [-0.05, 0) is 109 Å². The largest absolute Gasteiger partial charge is 0.472 e. The molecule has 0 rings (SSSR count). The Morgan fingerprint density at radius 2 is 0.500 bits per heavy atom. The van der Waals surface area contributed by atoms with Gasteiger partial charge in [0, 0.05) is 25.7 Å². The van der Waals surface area contributed by atoms with E-state index in [0.29, 0.717) is 25.7 Å². The van der Waals surface area contributed by atoms with Crippen LogP contribution < -0.4 is 0 Å². The van der Waals surface area contributed by atoms with Gasteiger partial charge in [0.1, 0.15) is 19.3 Å². The van der Waals surface area contributed by atoms with Gasteiger partial charge >= 0.3 is 39.5 Å². The number of hydrogen-bond donors (Lipinski definition) is 3. The number of unbranched alkanes of at least 4 members (excludes halogenated alkanes) is 42. The van der Waals surface area contributed by atoms with Gasteiger partial charge < -0.3 is 33.8 Å². The molecule has 98 heavy (non-hydrogen) atoms. The predicted octanol–water partition coefficient (Wildman–Crippen LogP) is 22.9. The minimum atomic E-state index is -4.97.